The molecular formula is C65H126O6. The molecule has 0 saturated carbocycles. The Kier molecular flexibility index (Phi) is 59.6. The minimum absolute atomic E-state index is 0.0619. The lowest BCUT2D eigenvalue weighted by molar-refractivity contribution is -0.167. The van der Waals surface area contributed by atoms with Crippen LogP contribution in [0.25, 0.3) is 0 Å². The summed E-state index contributed by atoms with van der Waals surface area (Å²) < 4.78 is 16.8. The monoisotopic (exact) mass is 1000 g/mol. The molecular weight excluding hydrogens is 877 g/mol. The third kappa shape index (κ3) is 59.2. The van der Waals surface area contributed by atoms with Gasteiger partial charge in [-0.2, -0.15) is 0 Å². The summed E-state index contributed by atoms with van der Waals surface area (Å²) in [7, 11) is 0. The number of carbonyl (C=O) groups is 3. The summed E-state index contributed by atoms with van der Waals surface area (Å²) in [6, 6.07) is 0. The van der Waals surface area contributed by atoms with Crippen molar-refractivity contribution in [2.75, 3.05) is 13.2 Å². The van der Waals surface area contributed by atoms with Crippen molar-refractivity contribution in [1.82, 2.24) is 0 Å². The molecule has 6 nitrogen and oxygen atoms in total. The average molecular weight is 1000 g/mol. The Labute approximate surface area is 444 Å². The van der Waals surface area contributed by atoms with E-state index in [1.165, 1.54) is 283 Å². The van der Waals surface area contributed by atoms with Crippen LogP contribution in [0.3, 0.4) is 0 Å². The van der Waals surface area contributed by atoms with Crippen LogP contribution in [-0.2, 0) is 28.6 Å². The molecule has 0 aromatic carbocycles. The SMILES string of the molecule is CCCCCCCCCCCCCCCCCCCCCCCCCCCCCCCCCCCCC(=O)OCC(COC(=O)CCCCCCCCCCC)OC(=O)CCCCCCCCCCCC. The Hall–Kier alpha value is -1.59. The number of rotatable bonds is 61. The van der Waals surface area contributed by atoms with Crippen molar-refractivity contribution in [2.24, 2.45) is 0 Å². The summed E-state index contributed by atoms with van der Waals surface area (Å²) in [5, 5.41) is 0. The molecule has 1 unspecified atom stereocenters. The van der Waals surface area contributed by atoms with Gasteiger partial charge in [0, 0.05) is 19.3 Å². The van der Waals surface area contributed by atoms with Crippen LogP contribution in [0, 0.1) is 0 Å². The van der Waals surface area contributed by atoms with E-state index in [-0.39, 0.29) is 31.1 Å². The van der Waals surface area contributed by atoms with Crippen molar-refractivity contribution in [3.8, 4) is 0 Å². The number of esters is 3. The van der Waals surface area contributed by atoms with E-state index in [1.807, 2.05) is 0 Å². The highest BCUT2D eigenvalue weighted by molar-refractivity contribution is 5.71. The highest BCUT2D eigenvalue weighted by Gasteiger charge is 2.19. The second kappa shape index (κ2) is 61.0. The van der Waals surface area contributed by atoms with Gasteiger partial charge in [-0.25, -0.2) is 0 Å². The molecule has 0 fully saturated rings. The average Bonchev–Trinajstić information content (AvgIpc) is 3.37. The third-order valence-electron chi connectivity index (χ3n) is 15.1. The first-order valence-corrected chi connectivity index (χ1v) is 32.5. The Morgan fingerprint density at radius 1 is 0.225 bits per heavy atom. The normalized spacial score (nSPS) is 11.9. The van der Waals surface area contributed by atoms with E-state index in [0.717, 1.165) is 57.8 Å². The van der Waals surface area contributed by atoms with Gasteiger partial charge in [0.2, 0.25) is 0 Å². The Morgan fingerprint density at radius 2 is 0.380 bits per heavy atom. The molecule has 0 rings (SSSR count). The predicted molar refractivity (Wildman–Crippen MR) is 307 cm³/mol. The van der Waals surface area contributed by atoms with Crippen LogP contribution in [0.15, 0.2) is 0 Å². The topological polar surface area (TPSA) is 78.9 Å². The molecule has 0 radical (unpaired) electrons. The number of hydrogen-bond acceptors (Lipinski definition) is 6. The van der Waals surface area contributed by atoms with E-state index in [0.29, 0.717) is 19.3 Å². The molecule has 0 N–H and O–H groups in total. The van der Waals surface area contributed by atoms with Crippen molar-refractivity contribution in [3.63, 3.8) is 0 Å². The lowest BCUT2D eigenvalue weighted by Crippen LogP contribution is -2.30. The Morgan fingerprint density at radius 3 is 0.563 bits per heavy atom. The van der Waals surface area contributed by atoms with E-state index < -0.39 is 6.10 Å². The van der Waals surface area contributed by atoms with E-state index in [9.17, 15) is 14.4 Å². The van der Waals surface area contributed by atoms with Gasteiger partial charge in [-0.05, 0) is 19.3 Å². The molecule has 0 aromatic rings. The van der Waals surface area contributed by atoms with Crippen LogP contribution < -0.4 is 0 Å². The van der Waals surface area contributed by atoms with Crippen LogP contribution in [0.1, 0.15) is 380 Å². The number of ether oxygens (including phenoxy) is 3. The van der Waals surface area contributed by atoms with Crippen molar-refractivity contribution < 1.29 is 28.6 Å². The van der Waals surface area contributed by atoms with Gasteiger partial charge in [0.25, 0.3) is 0 Å². The summed E-state index contributed by atoms with van der Waals surface area (Å²) >= 11 is 0. The molecule has 0 bridgehead atoms. The summed E-state index contributed by atoms with van der Waals surface area (Å²) in [5.41, 5.74) is 0. The van der Waals surface area contributed by atoms with Gasteiger partial charge in [-0.3, -0.25) is 14.4 Å². The zero-order valence-corrected chi connectivity index (χ0v) is 48.5. The zero-order chi connectivity index (χ0) is 51.4. The van der Waals surface area contributed by atoms with Gasteiger partial charge in [0.15, 0.2) is 6.10 Å². The lowest BCUT2D eigenvalue weighted by atomic mass is 10.0. The van der Waals surface area contributed by atoms with Gasteiger partial charge in [0.1, 0.15) is 13.2 Å². The maximum Gasteiger partial charge on any atom is 0.306 e. The summed E-state index contributed by atoms with van der Waals surface area (Å²) in [4.78, 5) is 37.9. The fraction of sp³-hybridized carbons (Fsp3) is 0.954. The molecule has 0 aliphatic heterocycles. The lowest BCUT2D eigenvalue weighted by Gasteiger charge is -2.18. The third-order valence-corrected chi connectivity index (χ3v) is 15.1. The van der Waals surface area contributed by atoms with Gasteiger partial charge < -0.3 is 14.2 Å². The molecule has 0 aliphatic carbocycles. The predicted octanol–water partition coefficient (Wildman–Crippen LogP) is 21.9. The molecule has 0 saturated heterocycles. The molecule has 6 heteroatoms. The first kappa shape index (κ1) is 69.4. The summed E-state index contributed by atoms with van der Waals surface area (Å²) in [5.74, 6) is -0.841. The van der Waals surface area contributed by atoms with Gasteiger partial charge in [-0.15, -0.1) is 0 Å². The quantitative estimate of drug-likeness (QED) is 0.0343. The maximum absolute atomic E-state index is 12.8. The second-order valence-corrected chi connectivity index (χ2v) is 22.4. The maximum atomic E-state index is 12.8. The zero-order valence-electron chi connectivity index (χ0n) is 48.5. The van der Waals surface area contributed by atoms with E-state index >= 15 is 0 Å². The van der Waals surface area contributed by atoms with Crippen molar-refractivity contribution in [3.05, 3.63) is 0 Å². The molecule has 0 amide bonds. The van der Waals surface area contributed by atoms with Gasteiger partial charge in [0.05, 0.1) is 0 Å². The van der Waals surface area contributed by atoms with Gasteiger partial charge in [-0.1, -0.05) is 342 Å². The Bertz CT molecular complexity index is 1060. The van der Waals surface area contributed by atoms with Crippen LogP contribution >= 0.6 is 0 Å². The van der Waals surface area contributed by atoms with Crippen molar-refractivity contribution >= 4 is 17.9 Å². The fourth-order valence-electron chi connectivity index (χ4n) is 10.2. The largest absolute Gasteiger partial charge is 0.462 e. The molecule has 1 atom stereocenters. The molecule has 0 heterocycles. The van der Waals surface area contributed by atoms with Crippen LogP contribution in [0.2, 0.25) is 0 Å². The fourth-order valence-corrected chi connectivity index (χ4v) is 10.2. The molecule has 71 heavy (non-hydrogen) atoms. The minimum Gasteiger partial charge on any atom is -0.462 e. The standard InChI is InChI=1S/C65H126O6/c1-4-7-10-13-16-19-21-22-23-24-25-26-27-28-29-30-31-32-33-34-35-36-37-38-39-40-41-42-43-44-47-49-52-55-58-64(67)70-61-62(60-69-63(66)57-54-51-48-45-18-15-12-9-6-3)71-65(68)59-56-53-50-46-20-17-14-11-8-5-2/h62H,4-61H2,1-3H3. The van der Waals surface area contributed by atoms with E-state index in [2.05, 4.69) is 20.8 Å². The van der Waals surface area contributed by atoms with Crippen LogP contribution in [0.4, 0.5) is 0 Å². The summed E-state index contributed by atoms with van der Waals surface area (Å²) in [6.07, 6.45) is 70.2. The number of hydrogen-bond donors (Lipinski definition) is 0. The van der Waals surface area contributed by atoms with Crippen molar-refractivity contribution in [2.45, 2.75) is 386 Å². The van der Waals surface area contributed by atoms with E-state index in [1.54, 1.807) is 0 Å². The van der Waals surface area contributed by atoms with Crippen molar-refractivity contribution in [1.29, 1.82) is 0 Å². The number of carbonyl (C=O) groups excluding carboxylic acids is 3. The summed E-state index contributed by atoms with van der Waals surface area (Å²) in [6.45, 7) is 6.67. The molecule has 422 valence electrons. The van der Waals surface area contributed by atoms with Gasteiger partial charge >= 0.3 is 17.9 Å². The molecule has 0 spiro atoms. The first-order chi connectivity index (χ1) is 35.0. The number of unbranched alkanes of at least 4 members (excludes halogenated alkanes) is 50. The first-order valence-electron chi connectivity index (χ1n) is 32.5. The smallest absolute Gasteiger partial charge is 0.306 e. The van der Waals surface area contributed by atoms with Crippen LogP contribution in [-0.4, -0.2) is 37.2 Å². The minimum atomic E-state index is -0.760. The molecule has 0 aliphatic rings. The van der Waals surface area contributed by atoms with E-state index in [4.69, 9.17) is 14.2 Å². The molecule has 0 aromatic heterocycles. The highest BCUT2D eigenvalue weighted by Crippen LogP contribution is 2.19. The van der Waals surface area contributed by atoms with Crippen LogP contribution in [0.5, 0.6) is 0 Å². The highest BCUT2D eigenvalue weighted by atomic mass is 16.6. The second-order valence-electron chi connectivity index (χ2n) is 22.4. The Balaban J connectivity index is 3.85.